The van der Waals surface area contributed by atoms with Crippen molar-refractivity contribution in [1.29, 1.82) is 0 Å². The van der Waals surface area contributed by atoms with E-state index in [4.69, 9.17) is 4.74 Å². The molecule has 1 aliphatic rings. The monoisotopic (exact) mass is 277 g/mol. The molecule has 0 radical (unpaired) electrons. The predicted molar refractivity (Wildman–Crippen MR) is 83.5 cm³/mol. The maximum atomic E-state index is 12.0. The van der Waals surface area contributed by atoms with Crippen molar-refractivity contribution in [3.63, 3.8) is 0 Å². The fourth-order valence-corrected chi connectivity index (χ4v) is 2.42. The van der Waals surface area contributed by atoms with Crippen molar-refractivity contribution >= 4 is 5.97 Å². The zero-order valence-corrected chi connectivity index (χ0v) is 13.0. The zero-order chi connectivity index (χ0) is 15.0. The number of ether oxygens (including phenoxy) is 1. The van der Waals surface area contributed by atoms with Crippen molar-refractivity contribution in [3.8, 4) is 0 Å². The summed E-state index contributed by atoms with van der Waals surface area (Å²) < 4.78 is 5.18. The van der Waals surface area contributed by atoms with Gasteiger partial charge in [-0.2, -0.15) is 0 Å². The van der Waals surface area contributed by atoms with Crippen LogP contribution in [0.3, 0.4) is 0 Å². The molecule has 0 atom stereocenters. The molecule has 0 N–H and O–H groups in total. The van der Waals surface area contributed by atoms with Crippen LogP contribution in [0.4, 0.5) is 0 Å². The molecule has 0 amide bonds. The minimum atomic E-state index is -0.299. The summed E-state index contributed by atoms with van der Waals surface area (Å²) in [6.45, 7) is 13.0. The van der Waals surface area contributed by atoms with Gasteiger partial charge in [0.05, 0.1) is 12.0 Å². The number of carbonyl (C=O) groups excluding carboxylic acids is 1. The van der Waals surface area contributed by atoms with Gasteiger partial charge in [0.2, 0.25) is 0 Å². The first-order valence-electron chi connectivity index (χ1n) is 7.36. The number of likely N-dealkylation sites (tertiary alicyclic amines) is 1. The topological polar surface area (TPSA) is 29.5 Å². The van der Waals surface area contributed by atoms with Gasteiger partial charge in [-0.1, -0.05) is 36.5 Å². The molecule has 0 unspecified atom stereocenters. The van der Waals surface area contributed by atoms with Gasteiger partial charge in [-0.05, 0) is 46.7 Å². The fraction of sp³-hybridized carbons (Fsp3) is 0.588. The van der Waals surface area contributed by atoms with Gasteiger partial charge in [-0.25, -0.2) is 0 Å². The smallest absolute Gasteiger partial charge is 0.311 e. The van der Waals surface area contributed by atoms with E-state index < -0.39 is 0 Å². The molecule has 20 heavy (non-hydrogen) atoms. The van der Waals surface area contributed by atoms with Crippen molar-refractivity contribution < 1.29 is 9.53 Å². The Kier molecular flexibility index (Phi) is 6.73. The second-order valence-electron chi connectivity index (χ2n) is 5.69. The molecule has 0 aliphatic carbocycles. The largest absolute Gasteiger partial charge is 0.466 e. The molecule has 0 aromatic carbocycles. The lowest BCUT2D eigenvalue weighted by molar-refractivity contribution is -0.157. The van der Waals surface area contributed by atoms with Gasteiger partial charge in [-0.15, -0.1) is 0 Å². The number of hydrogen-bond donors (Lipinski definition) is 0. The van der Waals surface area contributed by atoms with Crippen molar-refractivity contribution in [2.75, 3.05) is 26.2 Å². The van der Waals surface area contributed by atoms with Gasteiger partial charge < -0.3 is 4.74 Å². The summed E-state index contributed by atoms with van der Waals surface area (Å²) in [6.07, 6.45) is 9.58. The van der Waals surface area contributed by atoms with E-state index in [9.17, 15) is 4.79 Å². The molecule has 1 saturated heterocycles. The van der Waals surface area contributed by atoms with Gasteiger partial charge in [-0.3, -0.25) is 9.69 Å². The van der Waals surface area contributed by atoms with Crippen molar-refractivity contribution in [1.82, 2.24) is 4.90 Å². The van der Waals surface area contributed by atoms with Crippen LogP contribution in [-0.4, -0.2) is 37.1 Å². The van der Waals surface area contributed by atoms with Crippen molar-refractivity contribution in [3.05, 3.63) is 36.5 Å². The molecule has 0 saturated carbocycles. The lowest BCUT2D eigenvalue weighted by Gasteiger charge is -2.37. The Hall–Kier alpha value is -1.35. The highest BCUT2D eigenvalue weighted by Gasteiger charge is 2.37. The van der Waals surface area contributed by atoms with Gasteiger partial charge in [0, 0.05) is 6.54 Å². The second kappa shape index (κ2) is 8.05. The van der Waals surface area contributed by atoms with Crippen molar-refractivity contribution in [2.45, 2.75) is 33.6 Å². The lowest BCUT2D eigenvalue weighted by atomic mass is 9.80. The van der Waals surface area contributed by atoms with Crippen LogP contribution in [-0.2, 0) is 9.53 Å². The van der Waals surface area contributed by atoms with Gasteiger partial charge in [0.1, 0.15) is 0 Å². The maximum Gasteiger partial charge on any atom is 0.311 e. The molecule has 1 aliphatic heterocycles. The van der Waals surface area contributed by atoms with Crippen LogP contribution in [0.25, 0.3) is 0 Å². The maximum absolute atomic E-state index is 12.0. The predicted octanol–water partition coefficient (Wildman–Crippen LogP) is 3.34. The molecular weight excluding hydrogens is 250 g/mol. The summed E-state index contributed by atoms with van der Waals surface area (Å²) >= 11 is 0. The summed E-state index contributed by atoms with van der Waals surface area (Å²) in [7, 11) is 0. The molecule has 3 heteroatoms. The van der Waals surface area contributed by atoms with Gasteiger partial charge >= 0.3 is 5.97 Å². The van der Waals surface area contributed by atoms with Crippen molar-refractivity contribution in [2.24, 2.45) is 5.41 Å². The Morgan fingerprint density at radius 2 is 2.00 bits per heavy atom. The van der Waals surface area contributed by atoms with Crippen LogP contribution in [0.15, 0.2) is 36.5 Å². The minimum Gasteiger partial charge on any atom is -0.466 e. The molecule has 1 fully saturated rings. The number of carbonyl (C=O) groups is 1. The van der Waals surface area contributed by atoms with Crippen LogP contribution in [0.1, 0.15) is 33.6 Å². The summed E-state index contributed by atoms with van der Waals surface area (Å²) in [5, 5.41) is 0. The molecule has 3 nitrogen and oxygen atoms in total. The summed E-state index contributed by atoms with van der Waals surface area (Å²) in [6, 6.07) is 0. The van der Waals surface area contributed by atoms with E-state index in [2.05, 4.69) is 24.5 Å². The number of rotatable bonds is 6. The highest BCUT2D eigenvalue weighted by Crippen LogP contribution is 2.32. The molecular formula is C17H27NO2. The van der Waals surface area contributed by atoms with E-state index >= 15 is 0 Å². The van der Waals surface area contributed by atoms with Gasteiger partial charge in [0.15, 0.2) is 0 Å². The summed E-state index contributed by atoms with van der Waals surface area (Å²) in [5.41, 5.74) is 1.02. The number of nitrogens with zero attached hydrogens (tertiary/aromatic N) is 1. The lowest BCUT2D eigenvalue weighted by Crippen LogP contribution is -2.43. The zero-order valence-electron chi connectivity index (χ0n) is 13.0. The average molecular weight is 277 g/mol. The van der Waals surface area contributed by atoms with Crippen LogP contribution >= 0.6 is 0 Å². The van der Waals surface area contributed by atoms with Crippen LogP contribution in [0.2, 0.25) is 0 Å². The van der Waals surface area contributed by atoms with E-state index in [1.807, 2.05) is 26.0 Å². The standard InChI is InChI=1S/C17H27NO2/c1-5-7-8-9-15(3)14-18-12-10-17(4,11-13-18)16(19)20-6-2/h5,7-9H,1,6,10-14H2,2-4H3/b8-7-,15-9+. The van der Waals surface area contributed by atoms with E-state index in [0.717, 1.165) is 32.5 Å². The Labute approximate surface area is 123 Å². The Bertz CT molecular complexity index is 388. The Morgan fingerprint density at radius 1 is 1.35 bits per heavy atom. The Balaban J connectivity index is 2.46. The van der Waals surface area contributed by atoms with Crippen LogP contribution in [0.5, 0.6) is 0 Å². The van der Waals surface area contributed by atoms with E-state index in [1.54, 1.807) is 6.08 Å². The first-order chi connectivity index (χ1) is 9.51. The normalized spacial score (nSPS) is 20.1. The number of piperidine rings is 1. The molecule has 112 valence electrons. The Morgan fingerprint density at radius 3 is 2.55 bits per heavy atom. The third-order valence-corrected chi connectivity index (χ3v) is 3.83. The SMILES string of the molecule is C=C/C=C\C=C(/C)CN1CCC(C)(C(=O)OCC)CC1. The number of allylic oxidation sites excluding steroid dienone is 4. The molecule has 1 heterocycles. The highest BCUT2D eigenvalue weighted by atomic mass is 16.5. The first-order valence-corrected chi connectivity index (χ1v) is 7.36. The highest BCUT2D eigenvalue weighted by molar-refractivity contribution is 5.76. The van der Waals surface area contributed by atoms with E-state index in [-0.39, 0.29) is 11.4 Å². The second-order valence-corrected chi connectivity index (χ2v) is 5.69. The molecule has 0 bridgehead atoms. The summed E-state index contributed by atoms with van der Waals surface area (Å²) in [5.74, 6) is -0.0409. The number of esters is 1. The quantitative estimate of drug-likeness (QED) is 0.551. The molecule has 1 rings (SSSR count). The van der Waals surface area contributed by atoms with Crippen LogP contribution < -0.4 is 0 Å². The fourth-order valence-electron chi connectivity index (χ4n) is 2.42. The summed E-state index contributed by atoms with van der Waals surface area (Å²) in [4.78, 5) is 14.3. The average Bonchev–Trinajstić information content (AvgIpc) is 2.42. The first kappa shape index (κ1) is 16.7. The third kappa shape index (κ3) is 4.97. The van der Waals surface area contributed by atoms with E-state index in [0.29, 0.717) is 6.61 Å². The molecule has 0 aromatic rings. The number of hydrogen-bond acceptors (Lipinski definition) is 3. The molecule has 0 aromatic heterocycles. The van der Waals surface area contributed by atoms with E-state index in [1.165, 1.54) is 5.57 Å². The molecule has 0 spiro atoms. The minimum absolute atomic E-state index is 0.0409. The van der Waals surface area contributed by atoms with Gasteiger partial charge in [0.25, 0.3) is 0 Å². The third-order valence-electron chi connectivity index (χ3n) is 3.83. The van der Waals surface area contributed by atoms with Crippen LogP contribution in [0, 0.1) is 5.41 Å².